The van der Waals surface area contributed by atoms with Gasteiger partial charge in [-0.1, -0.05) is 0 Å². The molecule has 0 amide bonds. The average molecular weight is 272 g/mol. The van der Waals surface area contributed by atoms with Crippen molar-refractivity contribution < 1.29 is 5.11 Å². The smallest absolute Gasteiger partial charge is 0.228 e. The number of nitrogens with zero attached hydrogens (tertiary/aromatic N) is 3. The number of hydrogen-bond acceptors (Lipinski definition) is 6. The first-order valence-corrected chi connectivity index (χ1v) is 6.55. The minimum Gasteiger partial charge on any atom is -0.396 e. The maximum Gasteiger partial charge on any atom is 0.228 e. The fourth-order valence-corrected chi connectivity index (χ4v) is 2.02. The van der Waals surface area contributed by atoms with Gasteiger partial charge in [-0.25, -0.2) is 0 Å². The third-order valence-corrected chi connectivity index (χ3v) is 3.33. The van der Waals surface area contributed by atoms with Gasteiger partial charge in [0.2, 0.25) is 17.2 Å². The Kier molecular flexibility index (Phi) is 4.19. The van der Waals surface area contributed by atoms with Crippen LogP contribution in [0.4, 0.5) is 11.9 Å². The maximum atomic E-state index is 9.00. The summed E-state index contributed by atoms with van der Waals surface area (Å²) in [4.78, 5) is 12.2. The summed E-state index contributed by atoms with van der Waals surface area (Å²) in [7, 11) is 0. The molecule has 0 atom stereocenters. The van der Waals surface area contributed by atoms with Crippen molar-refractivity contribution in [3.05, 3.63) is 5.28 Å². The Bertz CT molecular complexity index is 410. The standard InChI is InChI=1S/C11H18ClN5O/c1-2-13-9-15-8(12)16-10(17-9)14-7-11(3-4-11)5-6-18/h18H,2-7H2,1H3,(H2,13,14,15,16,17). The van der Waals surface area contributed by atoms with E-state index in [0.717, 1.165) is 32.4 Å². The summed E-state index contributed by atoms with van der Waals surface area (Å²) in [5.41, 5.74) is 0.214. The molecule has 2 rings (SSSR count). The van der Waals surface area contributed by atoms with Crippen LogP contribution in [0.2, 0.25) is 5.28 Å². The molecule has 6 nitrogen and oxygen atoms in total. The molecular formula is C11H18ClN5O. The summed E-state index contributed by atoms with van der Waals surface area (Å²) in [6, 6.07) is 0. The highest BCUT2D eigenvalue weighted by atomic mass is 35.5. The van der Waals surface area contributed by atoms with Gasteiger partial charge in [-0.15, -0.1) is 0 Å². The monoisotopic (exact) mass is 271 g/mol. The predicted octanol–water partition coefficient (Wildman–Crippen LogP) is 1.53. The first kappa shape index (κ1) is 13.3. The van der Waals surface area contributed by atoms with Crippen LogP contribution >= 0.6 is 11.6 Å². The molecule has 7 heteroatoms. The summed E-state index contributed by atoms with van der Waals surface area (Å²) in [5, 5.41) is 15.3. The zero-order valence-electron chi connectivity index (χ0n) is 10.4. The van der Waals surface area contributed by atoms with Crippen LogP contribution in [0.25, 0.3) is 0 Å². The van der Waals surface area contributed by atoms with E-state index in [2.05, 4.69) is 25.6 Å². The van der Waals surface area contributed by atoms with Gasteiger partial charge in [0.05, 0.1) is 0 Å². The highest BCUT2D eigenvalue weighted by molar-refractivity contribution is 6.28. The first-order chi connectivity index (χ1) is 8.67. The lowest BCUT2D eigenvalue weighted by molar-refractivity contribution is 0.253. The molecular weight excluding hydrogens is 254 g/mol. The molecule has 0 unspecified atom stereocenters. The fraction of sp³-hybridized carbons (Fsp3) is 0.727. The Hall–Kier alpha value is -1.14. The molecule has 1 heterocycles. The van der Waals surface area contributed by atoms with Gasteiger partial charge >= 0.3 is 0 Å². The second-order valence-corrected chi connectivity index (χ2v) is 4.95. The zero-order valence-corrected chi connectivity index (χ0v) is 11.2. The molecule has 1 fully saturated rings. The van der Waals surface area contributed by atoms with Gasteiger partial charge in [-0.05, 0) is 43.2 Å². The largest absolute Gasteiger partial charge is 0.396 e. The molecule has 0 radical (unpaired) electrons. The second-order valence-electron chi connectivity index (χ2n) is 4.61. The van der Waals surface area contributed by atoms with Crippen molar-refractivity contribution in [2.75, 3.05) is 30.3 Å². The second kappa shape index (κ2) is 5.67. The Balaban J connectivity index is 1.96. The Labute approximate surface area is 111 Å². The van der Waals surface area contributed by atoms with Crippen molar-refractivity contribution >= 4 is 23.5 Å². The van der Waals surface area contributed by atoms with Gasteiger partial charge < -0.3 is 15.7 Å². The van der Waals surface area contributed by atoms with Gasteiger partial charge in [0.25, 0.3) is 0 Å². The number of aliphatic hydroxyl groups excluding tert-OH is 1. The van der Waals surface area contributed by atoms with Crippen LogP contribution in [0, 0.1) is 5.41 Å². The zero-order chi connectivity index (χ0) is 13.0. The minimum atomic E-state index is 0.176. The third-order valence-electron chi connectivity index (χ3n) is 3.16. The van der Waals surface area contributed by atoms with E-state index in [1.54, 1.807) is 0 Å². The van der Waals surface area contributed by atoms with E-state index >= 15 is 0 Å². The number of rotatable bonds is 7. The number of aliphatic hydroxyl groups is 1. The molecule has 1 aliphatic carbocycles. The molecule has 18 heavy (non-hydrogen) atoms. The molecule has 1 aliphatic rings. The topological polar surface area (TPSA) is 83.0 Å². The number of hydrogen-bond donors (Lipinski definition) is 3. The van der Waals surface area contributed by atoms with Crippen molar-refractivity contribution in [1.29, 1.82) is 0 Å². The van der Waals surface area contributed by atoms with Crippen molar-refractivity contribution in [2.45, 2.75) is 26.2 Å². The third kappa shape index (κ3) is 3.43. The van der Waals surface area contributed by atoms with E-state index in [4.69, 9.17) is 16.7 Å². The summed E-state index contributed by atoms with van der Waals surface area (Å²) >= 11 is 5.83. The Morgan fingerprint density at radius 2 is 1.89 bits per heavy atom. The Morgan fingerprint density at radius 3 is 2.44 bits per heavy atom. The fourth-order valence-electron chi connectivity index (χ4n) is 1.86. The van der Waals surface area contributed by atoms with Gasteiger partial charge in [0.1, 0.15) is 0 Å². The minimum absolute atomic E-state index is 0.176. The maximum absolute atomic E-state index is 9.00. The van der Waals surface area contributed by atoms with Crippen molar-refractivity contribution in [3.63, 3.8) is 0 Å². The van der Waals surface area contributed by atoms with Crippen LogP contribution in [0.15, 0.2) is 0 Å². The van der Waals surface area contributed by atoms with E-state index < -0.39 is 0 Å². The molecule has 0 bridgehead atoms. The SMILES string of the molecule is CCNc1nc(Cl)nc(NCC2(CCO)CC2)n1. The number of anilines is 2. The molecule has 0 aromatic carbocycles. The Morgan fingerprint density at radius 1 is 1.22 bits per heavy atom. The van der Waals surface area contributed by atoms with E-state index in [1.165, 1.54) is 0 Å². The first-order valence-electron chi connectivity index (χ1n) is 6.18. The molecule has 0 saturated heterocycles. The lowest BCUT2D eigenvalue weighted by Gasteiger charge is -2.14. The van der Waals surface area contributed by atoms with Gasteiger partial charge in [0, 0.05) is 19.7 Å². The van der Waals surface area contributed by atoms with Crippen LogP contribution in [-0.2, 0) is 0 Å². The van der Waals surface area contributed by atoms with Crippen molar-refractivity contribution in [3.8, 4) is 0 Å². The van der Waals surface area contributed by atoms with E-state index in [-0.39, 0.29) is 17.3 Å². The van der Waals surface area contributed by atoms with Gasteiger partial charge in [-0.2, -0.15) is 15.0 Å². The van der Waals surface area contributed by atoms with Crippen LogP contribution in [0.3, 0.4) is 0 Å². The molecule has 1 aromatic heterocycles. The van der Waals surface area contributed by atoms with Crippen molar-refractivity contribution in [2.24, 2.45) is 5.41 Å². The van der Waals surface area contributed by atoms with Crippen LogP contribution in [0.1, 0.15) is 26.2 Å². The lowest BCUT2D eigenvalue weighted by Crippen LogP contribution is -2.18. The number of aromatic nitrogens is 3. The van der Waals surface area contributed by atoms with E-state index in [1.807, 2.05) is 6.92 Å². The van der Waals surface area contributed by atoms with E-state index in [9.17, 15) is 0 Å². The summed E-state index contributed by atoms with van der Waals surface area (Å²) in [5.74, 6) is 0.960. The normalized spacial score (nSPS) is 16.4. The highest BCUT2D eigenvalue weighted by Crippen LogP contribution is 2.48. The highest BCUT2D eigenvalue weighted by Gasteiger charge is 2.41. The van der Waals surface area contributed by atoms with Crippen molar-refractivity contribution in [1.82, 2.24) is 15.0 Å². The molecule has 3 N–H and O–H groups in total. The molecule has 1 aromatic rings. The van der Waals surface area contributed by atoms with Gasteiger partial charge in [0.15, 0.2) is 0 Å². The average Bonchev–Trinajstić information content (AvgIpc) is 3.07. The number of nitrogens with one attached hydrogen (secondary N) is 2. The predicted molar refractivity (Wildman–Crippen MR) is 70.9 cm³/mol. The van der Waals surface area contributed by atoms with Crippen LogP contribution in [0.5, 0.6) is 0 Å². The van der Waals surface area contributed by atoms with Gasteiger partial charge in [-0.3, -0.25) is 0 Å². The summed E-state index contributed by atoms with van der Waals surface area (Å²) < 4.78 is 0. The quantitative estimate of drug-likeness (QED) is 0.698. The molecule has 100 valence electrons. The van der Waals surface area contributed by atoms with Crippen LogP contribution < -0.4 is 10.6 Å². The number of halogens is 1. The summed E-state index contributed by atoms with van der Waals surface area (Å²) in [6.45, 7) is 3.68. The molecule has 0 aliphatic heterocycles. The van der Waals surface area contributed by atoms with Crippen LogP contribution in [-0.4, -0.2) is 39.8 Å². The molecule has 0 spiro atoms. The van der Waals surface area contributed by atoms with E-state index in [0.29, 0.717) is 11.9 Å². The lowest BCUT2D eigenvalue weighted by atomic mass is 10.0. The molecule has 1 saturated carbocycles. The summed E-state index contributed by atoms with van der Waals surface area (Å²) in [6.07, 6.45) is 3.10.